The first-order valence-corrected chi connectivity index (χ1v) is 8.96. The Bertz CT molecular complexity index is 711. The number of aromatic nitrogens is 1. The zero-order valence-electron chi connectivity index (χ0n) is 13.7. The van der Waals surface area contributed by atoms with Gasteiger partial charge in [-0.05, 0) is 48.9 Å². The van der Waals surface area contributed by atoms with Crippen LogP contribution in [0, 0.1) is 0 Å². The monoisotopic (exact) mass is 322 g/mol. The minimum atomic E-state index is -0.0792. The van der Waals surface area contributed by atoms with Crippen molar-refractivity contribution in [1.82, 2.24) is 9.88 Å². The van der Waals surface area contributed by atoms with Gasteiger partial charge in [-0.15, -0.1) is 0 Å². The molecular formula is C20H22N2O2. The van der Waals surface area contributed by atoms with Crippen LogP contribution in [0.5, 0.6) is 11.6 Å². The van der Waals surface area contributed by atoms with E-state index in [4.69, 9.17) is 9.47 Å². The van der Waals surface area contributed by atoms with Gasteiger partial charge in [0, 0.05) is 24.8 Å². The van der Waals surface area contributed by atoms with Gasteiger partial charge in [0.1, 0.15) is 6.61 Å². The lowest BCUT2D eigenvalue weighted by atomic mass is 10.0. The van der Waals surface area contributed by atoms with E-state index in [2.05, 4.69) is 34.1 Å². The van der Waals surface area contributed by atoms with Gasteiger partial charge in [-0.2, -0.15) is 0 Å². The number of rotatable bonds is 3. The summed E-state index contributed by atoms with van der Waals surface area (Å²) in [5, 5.41) is 0. The van der Waals surface area contributed by atoms with Crippen molar-refractivity contribution in [3.8, 4) is 11.6 Å². The molecule has 1 aromatic carbocycles. The van der Waals surface area contributed by atoms with Crippen LogP contribution in [0.3, 0.4) is 0 Å². The van der Waals surface area contributed by atoms with Crippen molar-refractivity contribution in [2.75, 3.05) is 6.61 Å². The van der Waals surface area contributed by atoms with Crippen molar-refractivity contribution in [2.45, 2.75) is 50.4 Å². The van der Waals surface area contributed by atoms with Crippen LogP contribution in [-0.2, 0) is 6.54 Å². The summed E-state index contributed by atoms with van der Waals surface area (Å²) in [6, 6.07) is 14.2. The fraction of sp³-hybridized carbons (Fsp3) is 0.450. The van der Waals surface area contributed by atoms with Crippen molar-refractivity contribution < 1.29 is 9.47 Å². The Balaban J connectivity index is 1.29. The van der Waals surface area contributed by atoms with E-state index in [1.165, 1.54) is 31.2 Å². The summed E-state index contributed by atoms with van der Waals surface area (Å²) in [5.74, 6) is 1.32. The molecule has 0 aliphatic carbocycles. The molecule has 24 heavy (non-hydrogen) atoms. The van der Waals surface area contributed by atoms with Gasteiger partial charge in [0.15, 0.2) is 11.9 Å². The first-order chi connectivity index (χ1) is 11.9. The van der Waals surface area contributed by atoms with Crippen LogP contribution in [0.15, 0.2) is 42.6 Å². The van der Waals surface area contributed by atoms with Crippen molar-refractivity contribution >= 4 is 0 Å². The number of benzene rings is 1. The highest BCUT2D eigenvalue weighted by Gasteiger charge is 2.38. The minimum Gasteiger partial charge on any atom is -0.484 e. The zero-order valence-corrected chi connectivity index (χ0v) is 13.7. The average Bonchev–Trinajstić information content (AvgIpc) is 3.21. The second-order valence-electron chi connectivity index (χ2n) is 7.10. The summed E-state index contributed by atoms with van der Waals surface area (Å²) < 4.78 is 11.8. The molecule has 2 saturated heterocycles. The summed E-state index contributed by atoms with van der Waals surface area (Å²) in [5.41, 5.74) is 2.55. The van der Waals surface area contributed by atoms with Crippen LogP contribution in [0.1, 0.15) is 42.9 Å². The Morgan fingerprint density at radius 2 is 1.75 bits per heavy atom. The average molecular weight is 322 g/mol. The van der Waals surface area contributed by atoms with Gasteiger partial charge in [0.25, 0.3) is 5.88 Å². The number of ether oxygens (including phenoxy) is 2. The summed E-state index contributed by atoms with van der Waals surface area (Å²) in [6.45, 7) is 1.62. The lowest BCUT2D eigenvalue weighted by molar-refractivity contribution is 0.0851. The molecule has 0 spiro atoms. The highest BCUT2D eigenvalue weighted by atomic mass is 16.6. The van der Waals surface area contributed by atoms with Gasteiger partial charge >= 0.3 is 0 Å². The smallest absolute Gasteiger partial charge is 0.257 e. The number of nitrogens with zero attached hydrogens (tertiary/aromatic N) is 2. The van der Waals surface area contributed by atoms with Crippen LogP contribution >= 0.6 is 0 Å². The third kappa shape index (κ3) is 2.46. The largest absolute Gasteiger partial charge is 0.484 e. The molecular weight excluding hydrogens is 300 g/mol. The van der Waals surface area contributed by atoms with E-state index >= 15 is 0 Å². The van der Waals surface area contributed by atoms with E-state index < -0.39 is 0 Å². The Hall–Kier alpha value is -2.07. The molecule has 4 heterocycles. The topological polar surface area (TPSA) is 34.6 Å². The molecule has 0 radical (unpaired) electrons. The molecule has 1 aromatic heterocycles. The molecule has 124 valence electrons. The van der Waals surface area contributed by atoms with Gasteiger partial charge < -0.3 is 9.47 Å². The van der Waals surface area contributed by atoms with E-state index in [1.807, 2.05) is 12.1 Å². The summed E-state index contributed by atoms with van der Waals surface area (Å²) in [7, 11) is 0. The Morgan fingerprint density at radius 3 is 2.50 bits per heavy atom. The maximum atomic E-state index is 5.99. The molecule has 2 aromatic rings. The van der Waals surface area contributed by atoms with E-state index in [0.717, 1.165) is 29.9 Å². The van der Waals surface area contributed by atoms with Crippen LogP contribution in [0.2, 0.25) is 0 Å². The lowest BCUT2D eigenvalue weighted by Crippen LogP contribution is -2.27. The van der Waals surface area contributed by atoms with Crippen molar-refractivity contribution in [2.24, 2.45) is 0 Å². The fourth-order valence-electron chi connectivity index (χ4n) is 4.40. The highest BCUT2D eigenvalue weighted by molar-refractivity contribution is 5.36. The predicted octanol–water partition coefficient (Wildman–Crippen LogP) is 3.72. The van der Waals surface area contributed by atoms with Crippen molar-refractivity contribution in [3.63, 3.8) is 0 Å². The Kier molecular flexibility index (Phi) is 3.44. The van der Waals surface area contributed by atoms with Crippen LogP contribution in [0.25, 0.3) is 0 Å². The second kappa shape index (κ2) is 5.78. The molecule has 4 nitrogen and oxygen atoms in total. The maximum absolute atomic E-state index is 5.99. The van der Waals surface area contributed by atoms with Crippen molar-refractivity contribution in [3.05, 3.63) is 53.7 Å². The van der Waals surface area contributed by atoms with Crippen LogP contribution < -0.4 is 9.47 Å². The fourth-order valence-corrected chi connectivity index (χ4v) is 4.40. The van der Waals surface area contributed by atoms with Crippen LogP contribution in [0.4, 0.5) is 0 Å². The SMILES string of the molecule is c1cnc2c(c1)OC[C@H](c1ccc(CN3C4CCC3CC4)cc1)O2. The molecule has 3 aliphatic heterocycles. The predicted molar refractivity (Wildman–Crippen MR) is 91.1 cm³/mol. The minimum absolute atomic E-state index is 0.0792. The molecule has 0 amide bonds. The molecule has 4 heteroatoms. The maximum Gasteiger partial charge on any atom is 0.257 e. The first kappa shape index (κ1) is 14.3. The van der Waals surface area contributed by atoms with Gasteiger partial charge in [-0.25, -0.2) is 4.98 Å². The molecule has 0 N–H and O–H groups in total. The Labute approximate surface area is 142 Å². The zero-order chi connectivity index (χ0) is 15.9. The van der Waals surface area contributed by atoms with Gasteiger partial charge in [0.05, 0.1) is 0 Å². The van der Waals surface area contributed by atoms with Gasteiger partial charge in [-0.1, -0.05) is 24.3 Å². The summed E-state index contributed by atoms with van der Waals surface area (Å²) in [4.78, 5) is 6.95. The molecule has 2 fully saturated rings. The van der Waals surface area contributed by atoms with E-state index in [-0.39, 0.29) is 6.10 Å². The number of hydrogen-bond acceptors (Lipinski definition) is 4. The van der Waals surface area contributed by atoms with Crippen molar-refractivity contribution in [1.29, 1.82) is 0 Å². The normalized spacial score (nSPS) is 28.2. The standard InChI is InChI=1S/C20H22N2O2/c1-2-18-20(21-11-1)24-19(13-23-18)15-5-3-14(4-6-15)12-22-16-7-8-17(22)10-9-16/h1-6,11,16-17,19H,7-10,12-13H2/t16?,17?,19-/m1/s1. The number of fused-ring (bicyclic) bond motifs is 3. The second-order valence-corrected chi connectivity index (χ2v) is 7.10. The first-order valence-electron chi connectivity index (χ1n) is 8.96. The lowest BCUT2D eigenvalue weighted by Gasteiger charge is -2.26. The van der Waals surface area contributed by atoms with E-state index in [9.17, 15) is 0 Å². The quantitative estimate of drug-likeness (QED) is 0.862. The number of pyridine rings is 1. The third-order valence-corrected chi connectivity index (χ3v) is 5.70. The summed E-state index contributed by atoms with van der Waals surface area (Å²) >= 11 is 0. The third-order valence-electron chi connectivity index (χ3n) is 5.70. The van der Waals surface area contributed by atoms with Gasteiger partial charge in [0.2, 0.25) is 0 Å². The van der Waals surface area contributed by atoms with Gasteiger partial charge in [-0.3, -0.25) is 4.90 Å². The molecule has 1 atom stereocenters. The van der Waals surface area contributed by atoms with Crippen LogP contribution in [-0.4, -0.2) is 28.6 Å². The highest BCUT2D eigenvalue weighted by Crippen LogP contribution is 2.38. The molecule has 2 bridgehead atoms. The van der Waals surface area contributed by atoms with E-state index in [1.54, 1.807) is 6.20 Å². The molecule has 3 aliphatic rings. The molecule has 5 rings (SSSR count). The molecule has 0 unspecified atom stereocenters. The van der Waals surface area contributed by atoms with E-state index in [0.29, 0.717) is 12.5 Å². The Morgan fingerprint density at radius 1 is 1.00 bits per heavy atom. The number of hydrogen-bond donors (Lipinski definition) is 0. The summed E-state index contributed by atoms with van der Waals surface area (Å²) in [6.07, 6.45) is 7.22. The molecule has 0 saturated carbocycles.